The van der Waals surface area contributed by atoms with Gasteiger partial charge < -0.3 is 18.5 Å². The number of hydrogen-bond acceptors (Lipinski definition) is 5. The summed E-state index contributed by atoms with van der Waals surface area (Å²) in [4.78, 5) is 11.8. The molecule has 0 aromatic heterocycles. The normalized spacial score (nSPS) is 20.0. The predicted octanol–water partition coefficient (Wildman–Crippen LogP) is 13.0. The van der Waals surface area contributed by atoms with Gasteiger partial charge in [-0.15, -0.1) is 0 Å². The van der Waals surface area contributed by atoms with Crippen molar-refractivity contribution in [1.82, 2.24) is 0 Å². The molecule has 7 rings (SSSR count). The lowest BCUT2D eigenvalue weighted by atomic mass is 9.73. The third-order valence-electron chi connectivity index (χ3n) is 11.3. The molecule has 6 nitrogen and oxygen atoms in total. The molecule has 0 saturated carbocycles. The Bertz CT molecular complexity index is 2150. The first-order valence-corrected chi connectivity index (χ1v) is 21.4. The van der Waals surface area contributed by atoms with Gasteiger partial charge in [-0.25, -0.2) is 4.57 Å². The number of methoxy groups -OCH3 is 2. The van der Waals surface area contributed by atoms with E-state index in [4.69, 9.17) is 18.5 Å². The molecule has 3 aliphatic rings. The van der Waals surface area contributed by atoms with Crippen molar-refractivity contribution in [2.24, 2.45) is 5.92 Å². The standard InChI is InChI=1S/C44H53O6P.C4H10/c1-25-21-28(22-32(37(25)47-11)41(2,3)4)30-15-13-26-17-19-44-20-18-27-14-16-31(39(36(27)44)50-51(45,46)49-38(30)35(26)44)29-23-33(42(5,6)7)40(48-12)34(24-29)43(8,9)10;1-4(2)3/h13-16,21-24H,17-20H2,1-12H3,(H,45,46);4H,1-3H3. The molecule has 1 aliphatic heterocycles. The third kappa shape index (κ3) is 7.35. The summed E-state index contributed by atoms with van der Waals surface area (Å²) in [5.74, 6) is 3.48. The minimum Gasteiger partial charge on any atom is -0.496 e. The highest BCUT2D eigenvalue weighted by Gasteiger charge is 2.52. The van der Waals surface area contributed by atoms with Crippen LogP contribution in [0.15, 0.2) is 48.5 Å². The zero-order valence-electron chi connectivity index (χ0n) is 36.0. The fraction of sp³-hybridized carbons (Fsp3) is 0.500. The fourth-order valence-corrected chi connectivity index (χ4v) is 9.81. The number of aryl methyl sites for hydroxylation is 3. The van der Waals surface area contributed by atoms with E-state index in [-0.39, 0.29) is 16.2 Å². The molecule has 4 aromatic carbocycles. The fourth-order valence-electron chi connectivity index (χ4n) is 8.93. The van der Waals surface area contributed by atoms with E-state index in [1.807, 2.05) is 6.92 Å². The first kappa shape index (κ1) is 40.9. The van der Waals surface area contributed by atoms with Gasteiger partial charge in [-0.05, 0) is 107 Å². The van der Waals surface area contributed by atoms with Crippen molar-refractivity contribution in [2.75, 3.05) is 14.2 Å². The van der Waals surface area contributed by atoms with Crippen LogP contribution in [-0.2, 0) is 39.1 Å². The summed E-state index contributed by atoms with van der Waals surface area (Å²) < 4.78 is 39.1. The largest absolute Gasteiger partial charge is 0.584 e. The number of ether oxygens (including phenoxy) is 2. The zero-order valence-corrected chi connectivity index (χ0v) is 36.9. The predicted molar refractivity (Wildman–Crippen MR) is 227 cm³/mol. The van der Waals surface area contributed by atoms with E-state index in [0.717, 1.165) is 110 Å². The van der Waals surface area contributed by atoms with Gasteiger partial charge in [-0.2, -0.15) is 0 Å². The second-order valence-electron chi connectivity index (χ2n) is 19.6. The van der Waals surface area contributed by atoms with Crippen molar-refractivity contribution in [3.05, 3.63) is 93.0 Å². The van der Waals surface area contributed by atoms with Crippen molar-refractivity contribution in [3.8, 4) is 45.3 Å². The van der Waals surface area contributed by atoms with Crippen molar-refractivity contribution in [3.63, 3.8) is 0 Å². The van der Waals surface area contributed by atoms with Crippen LogP contribution in [0.1, 0.15) is 140 Å². The van der Waals surface area contributed by atoms with E-state index in [9.17, 15) is 9.46 Å². The summed E-state index contributed by atoms with van der Waals surface area (Å²) in [5, 5.41) is 0. The molecule has 0 radical (unpaired) electrons. The average Bonchev–Trinajstić information content (AvgIpc) is 3.62. The Morgan fingerprint density at radius 1 is 0.655 bits per heavy atom. The van der Waals surface area contributed by atoms with Gasteiger partial charge in [-0.1, -0.05) is 107 Å². The molecule has 0 amide bonds. The lowest BCUT2D eigenvalue weighted by Gasteiger charge is -2.35. The number of hydrogen-bond donors (Lipinski definition) is 1. The number of phosphoric ester groups is 1. The second kappa shape index (κ2) is 14.0. The number of rotatable bonds is 4. The molecule has 296 valence electrons. The average molecular weight is 767 g/mol. The number of benzene rings is 4. The van der Waals surface area contributed by atoms with E-state index in [0.29, 0.717) is 11.5 Å². The van der Waals surface area contributed by atoms with E-state index >= 15 is 0 Å². The van der Waals surface area contributed by atoms with Gasteiger partial charge in [0.2, 0.25) is 0 Å². The lowest BCUT2D eigenvalue weighted by Crippen LogP contribution is -2.25. The lowest BCUT2D eigenvalue weighted by molar-refractivity contribution is 0.281. The van der Waals surface area contributed by atoms with Gasteiger partial charge >= 0.3 is 7.82 Å². The van der Waals surface area contributed by atoms with Gasteiger partial charge in [-0.3, -0.25) is 4.89 Å². The van der Waals surface area contributed by atoms with Gasteiger partial charge in [0.25, 0.3) is 0 Å². The third-order valence-corrected chi connectivity index (χ3v) is 12.1. The Balaban J connectivity index is 0.00000123. The maximum Gasteiger partial charge on any atom is 0.584 e. The summed E-state index contributed by atoms with van der Waals surface area (Å²) in [7, 11) is -1.24. The van der Waals surface area contributed by atoms with Crippen molar-refractivity contribution in [1.29, 1.82) is 0 Å². The van der Waals surface area contributed by atoms with Gasteiger partial charge in [0.1, 0.15) is 23.0 Å². The minimum absolute atomic E-state index is 0.192. The van der Waals surface area contributed by atoms with Crippen LogP contribution in [0, 0.1) is 12.8 Å². The summed E-state index contributed by atoms with van der Waals surface area (Å²) >= 11 is 0. The van der Waals surface area contributed by atoms with Crippen LogP contribution in [0.2, 0.25) is 0 Å². The first-order valence-electron chi connectivity index (χ1n) is 19.9. The molecule has 1 heterocycles. The van der Waals surface area contributed by atoms with Gasteiger partial charge in [0.05, 0.1) is 14.2 Å². The molecule has 4 aromatic rings. The smallest absolute Gasteiger partial charge is 0.496 e. The molecule has 7 heteroatoms. The Labute approximate surface area is 330 Å². The second-order valence-corrected chi connectivity index (χ2v) is 20.9. The van der Waals surface area contributed by atoms with E-state index in [2.05, 4.69) is 132 Å². The van der Waals surface area contributed by atoms with E-state index in [1.54, 1.807) is 14.2 Å². The van der Waals surface area contributed by atoms with Crippen LogP contribution < -0.4 is 18.5 Å². The highest BCUT2D eigenvalue weighted by molar-refractivity contribution is 7.48. The van der Waals surface area contributed by atoms with Crippen LogP contribution in [0.25, 0.3) is 22.3 Å². The summed E-state index contributed by atoms with van der Waals surface area (Å²) in [6.07, 6.45) is 3.46. The maximum atomic E-state index is 14.4. The monoisotopic (exact) mass is 766 g/mol. The van der Waals surface area contributed by atoms with Crippen LogP contribution in [0.4, 0.5) is 0 Å². The highest BCUT2D eigenvalue weighted by Crippen LogP contribution is 2.65. The molecule has 2 aliphatic carbocycles. The Morgan fingerprint density at radius 2 is 1.02 bits per heavy atom. The van der Waals surface area contributed by atoms with Crippen molar-refractivity contribution in [2.45, 2.75) is 137 Å². The molecule has 0 bridgehead atoms. The molecular weight excluding hydrogens is 703 g/mol. The maximum absolute atomic E-state index is 14.4. The van der Waals surface area contributed by atoms with E-state index < -0.39 is 13.2 Å². The quantitative estimate of drug-likeness (QED) is 0.209. The highest BCUT2D eigenvalue weighted by atomic mass is 31.2. The molecule has 0 saturated heterocycles. The molecule has 2 unspecified atom stereocenters. The number of phosphoric acid groups is 1. The van der Waals surface area contributed by atoms with Crippen LogP contribution >= 0.6 is 7.82 Å². The summed E-state index contributed by atoms with van der Waals surface area (Å²) in [6.45, 7) is 28.2. The van der Waals surface area contributed by atoms with Gasteiger partial charge in [0, 0.05) is 44.4 Å². The molecule has 1 N–H and O–H groups in total. The summed E-state index contributed by atoms with van der Waals surface area (Å²) in [5.41, 5.74) is 11.0. The van der Waals surface area contributed by atoms with Gasteiger partial charge in [0.15, 0.2) is 0 Å². The summed E-state index contributed by atoms with van der Waals surface area (Å²) in [6, 6.07) is 17.1. The minimum atomic E-state index is -4.68. The van der Waals surface area contributed by atoms with Crippen molar-refractivity contribution >= 4 is 7.82 Å². The Hall–Kier alpha value is -3.73. The van der Waals surface area contributed by atoms with Crippen LogP contribution in [0.5, 0.6) is 23.0 Å². The Kier molecular flexibility index (Phi) is 10.4. The van der Waals surface area contributed by atoms with Crippen LogP contribution in [-0.4, -0.2) is 19.1 Å². The molecule has 0 fully saturated rings. The topological polar surface area (TPSA) is 74.2 Å². The van der Waals surface area contributed by atoms with E-state index in [1.165, 1.54) is 0 Å². The molecular formula is C48H63O6P. The zero-order chi connectivity index (χ0) is 40.6. The first-order chi connectivity index (χ1) is 25.4. The SMILES string of the molecule is CC(C)C.COc1c(C)cc(-c2ccc3c4c2OP(=O)(O)Oc2c(-c5cc(C(C)(C)C)c(OC)c(C(C)(C)C)c5)ccc5c2C4(CC3)CC5)cc1C(C)(C)C. The van der Waals surface area contributed by atoms with Crippen molar-refractivity contribution < 1.29 is 28.0 Å². The molecule has 55 heavy (non-hydrogen) atoms. The molecule has 1 spiro atoms. The van der Waals surface area contributed by atoms with Crippen LogP contribution in [0.3, 0.4) is 0 Å². The molecule has 2 atom stereocenters. The Morgan fingerprint density at radius 3 is 1.38 bits per heavy atom.